The number of ether oxygens (including phenoxy) is 4. The van der Waals surface area contributed by atoms with Crippen molar-refractivity contribution in [3.63, 3.8) is 0 Å². The van der Waals surface area contributed by atoms with Gasteiger partial charge in [0.1, 0.15) is 6.17 Å². The van der Waals surface area contributed by atoms with E-state index >= 15 is 4.39 Å². The lowest BCUT2D eigenvalue weighted by molar-refractivity contribution is -0.186. The van der Waals surface area contributed by atoms with Crippen molar-refractivity contribution in [2.24, 2.45) is 28.6 Å². The van der Waals surface area contributed by atoms with Crippen LogP contribution in [-0.4, -0.2) is 66.2 Å². The van der Waals surface area contributed by atoms with E-state index in [0.717, 1.165) is 0 Å². The Bertz CT molecular complexity index is 1080. The number of carbonyl (C=O) groups is 4. The van der Waals surface area contributed by atoms with Gasteiger partial charge < -0.3 is 24.1 Å². The highest BCUT2D eigenvalue weighted by Crippen LogP contribution is 2.68. The van der Waals surface area contributed by atoms with Gasteiger partial charge in [0.05, 0.1) is 18.8 Å². The van der Waals surface area contributed by atoms with Crippen LogP contribution in [0.25, 0.3) is 0 Å². The van der Waals surface area contributed by atoms with Crippen LogP contribution in [0.15, 0.2) is 23.8 Å². The summed E-state index contributed by atoms with van der Waals surface area (Å²) in [5, 5.41) is 11.6. The Hall–Kier alpha value is -2.75. The average Bonchev–Trinajstić information content (AvgIpc) is 3.14. The number of ketones is 2. The van der Waals surface area contributed by atoms with Crippen molar-refractivity contribution < 1.29 is 47.6 Å². The van der Waals surface area contributed by atoms with Crippen molar-refractivity contribution in [3.05, 3.63) is 23.8 Å². The van der Waals surface area contributed by atoms with Gasteiger partial charge in [-0.25, -0.2) is 14.0 Å². The number of fused-ring (bicyclic) bond motifs is 5. The first-order chi connectivity index (χ1) is 18.3. The lowest BCUT2D eigenvalue weighted by Gasteiger charge is -2.60. The summed E-state index contributed by atoms with van der Waals surface area (Å²) in [6, 6.07) is 0. The second-order valence-corrected chi connectivity index (χ2v) is 12.0. The molecule has 10 heteroatoms. The fourth-order valence-corrected chi connectivity index (χ4v) is 7.83. The van der Waals surface area contributed by atoms with Crippen LogP contribution >= 0.6 is 0 Å². The Balaban J connectivity index is 1.69. The zero-order chi connectivity index (χ0) is 28.8. The van der Waals surface area contributed by atoms with Crippen LogP contribution in [0.4, 0.5) is 14.0 Å². The number of halogens is 1. The number of carbonyl (C=O) groups excluding carboxylic acids is 4. The number of aliphatic hydroxyl groups is 1. The summed E-state index contributed by atoms with van der Waals surface area (Å²) in [4.78, 5) is 50.6. The van der Waals surface area contributed by atoms with Gasteiger partial charge in [0.15, 0.2) is 18.0 Å². The third kappa shape index (κ3) is 4.89. The molecule has 8 atom stereocenters. The molecule has 0 saturated heterocycles. The summed E-state index contributed by atoms with van der Waals surface area (Å²) in [5.41, 5.74) is -3.34. The Morgan fingerprint density at radius 2 is 1.90 bits per heavy atom. The molecular formula is C29H39FO9. The number of aliphatic hydroxyl groups excluding tert-OH is 1. The molecule has 4 aliphatic carbocycles. The minimum Gasteiger partial charge on any atom is -0.434 e. The van der Waals surface area contributed by atoms with E-state index in [4.69, 9.17) is 18.9 Å². The Labute approximate surface area is 228 Å². The van der Waals surface area contributed by atoms with E-state index in [1.807, 2.05) is 13.8 Å². The van der Waals surface area contributed by atoms with Gasteiger partial charge in [-0.15, -0.1) is 0 Å². The minimum atomic E-state index is -1.76. The van der Waals surface area contributed by atoms with Crippen LogP contribution in [0.2, 0.25) is 0 Å². The van der Waals surface area contributed by atoms with E-state index in [-0.39, 0.29) is 43.5 Å². The average molecular weight is 551 g/mol. The molecule has 0 bridgehead atoms. The molecule has 0 aromatic carbocycles. The second kappa shape index (κ2) is 10.7. The first-order valence-corrected chi connectivity index (χ1v) is 13.8. The number of alkyl halides is 1. The van der Waals surface area contributed by atoms with Gasteiger partial charge in [-0.05, 0) is 75.5 Å². The van der Waals surface area contributed by atoms with E-state index < -0.39 is 65.4 Å². The summed E-state index contributed by atoms with van der Waals surface area (Å²) in [7, 11) is 0. The molecule has 0 amide bonds. The summed E-state index contributed by atoms with van der Waals surface area (Å²) < 4.78 is 36.7. The smallest absolute Gasteiger partial charge is 0.434 e. The Morgan fingerprint density at radius 3 is 2.56 bits per heavy atom. The van der Waals surface area contributed by atoms with Gasteiger partial charge in [-0.3, -0.25) is 9.59 Å². The molecule has 1 unspecified atom stereocenters. The highest BCUT2D eigenvalue weighted by Gasteiger charge is 2.71. The van der Waals surface area contributed by atoms with Crippen molar-refractivity contribution in [2.45, 2.75) is 90.7 Å². The number of hydrogen-bond donors (Lipinski definition) is 1. The summed E-state index contributed by atoms with van der Waals surface area (Å²) in [6.07, 6.45) is 0.820. The molecule has 0 aromatic rings. The maximum Gasteiger partial charge on any atom is 0.509 e. The zero-order valence-corrected chi connectivity index (χ0v) is 23.2. The summed E-state index contributed by atoms with van der Waals surface area (Å²) in [5.74, 6) is -1.97. The number of Topliss-reactive ketones (excluding diaryl/α,β-unsaturated/α-hetero) is 1. The number of rotatable bonds is 7. The van der Waals surface area contributed by atoms with Crippen LogP contribution in [0.3, 0.4) is 0 Å². The monoisotopic (exact) mass is 550 g/mol. The van der Waals surface area contributed by atoms with Gasteiger partial charge in [0.25, 0.3) is 0 Å². The quantitative estimate of drug-likeness (QED) is 0.451. The lowest BCUT2D eigenvalue weighted by Crippen LogP contribution is -2.64. The molecular weight excluding hydrogens is 511 g/mol. The largest absolute Gasteiger partial charge is 0.509 e. The molecule has 4 aliphatic rings. The molecule has 0 spiro atoms. The van der Waals surface area contributed by atoms with Crippen molar-refractivity contribution in [1.29, 1.82) is 0 Å². The first-order valence-electron chi connectivity index (χ1n) is 13.8. The van der Waals surface area contributed by atoms with Crippen LogP contribution in [0.5, 0.6) is 0 Å². The molecule has 3 saturated carbocycles. The van der Waals surface area contributed by atoms with E-state index in [0.29, 0.717) is 18.4 Å². The Morgan fingerprint density at radius 1 is 1.18 bits per heavy atom. The zero-order valence-electron chi connectivity index (χ0n) is 23.2. The third-order valence-electron chi connectivity index (χ3n) is 9.38. The molecule has 0 aromatic heterocycles. The fourth-order valence-electron chi connectivity index (χ4n) is 7.83. The highest BCUT2D eigenvalue weighted by atomic mass is 19.1. The summed E-state index contributed by atoms with van der Waals surface area (Å²) >= 11 is 0. The second-order valence-electron chi connectivity index (χ2n) is 12.0. The van der Waals surface area contributed by atoms with Crippen molar-refractivity contribution in [2.75, 3.05) is 13.2 Å². The normalized spacial score (nSPS) is 38.7. The van der Waals surface area contributed by atoms with E-state index in [1.165, 1.54) is 12.2 Å². The van der Waals surface area contributed by atoms with E-state index in [9.17, 15) is 24.3 Å². The number of allylic oxidation sites excluding steroid dienone is 4. The molecule has 1 N–H and O–H groups in total. The van der Waals surface area contributed by atoms with E-state index in [1.54, 1.807) is 26.8 Å². The van der Waals surface area contributed by atoms with Crippen molar-refractivity contribution in [3.8, 4) is 0 Å². The first kappa shape index (κ1) is 29.2. The predicted molar refractivity (Wildman–Crippen MR) is 136 cm³/mol. The van der Waals surface area contributed by atoms with Gasteiger partial charge in [-0.1, -0.05) is 26.8 Å². The van der Waals surface area contributed by atoms with Crippen LogP contribution in [-0.2, 0) is 28.5 Å². The van der Waals surface area contributed by atoms with Gasteiger partial charge in [0, 0.05) is 16.7 Å². The fraction of sp³-hybridized carbons (Fsp3) is 0.724. The molecule has 3 fully saturated rings. The maximum absolute atomic E-state index is 15.7. The topological polar surface area (TPSA) is 125 Å². The maximum atomic E-state index is 15.7. The number of hydrogen-bond acceptors (Lipinski definition) is 9. The molecule has 0 radical (unpaired) electrons. The molecule has 4 rings (SSSR count). The van der Waals surface area contributed by atoms with Gasteiger partial charge >= 0.3 is 12.3 Å². The molecule has 0 aliphatic heterocycles. The third-order valence-corrected chi connectivity index (χ3v) is 9.38. The molecule has 216 valence electrons. The lowest BCUT2D eigenvalue weighted by atomic mass is 9.46. The standard InChI is InChI=1S/C29H39FO9/c1-6-11-36-26(35)39-29(23(33)15-37-25(34)38-16(2)3)10-8-19-18-13-21(30)20-12-17(31)7-9-27(20,4)24(18)22(32)14-28(19,29)5/h7,9,12,16,18-19,21-22,24,32H,6,8,10-11,13-15H2,1-5H3/t18-,19-,21-,22?,24+,27-,28-,29-/m0/s1. The molecule has 9 nitrogen and oxygen atoms in total. The molecule has 0 heterocycles. The van der Waals surface area contributed by atoms with Gasteiger partial charge in [0.2, 0.25) is 5.78 Å². The summed E-state index contributed by atoms with van der Waals surface area (Å²) in [6.45, 7) is 8.12. The van der Waals surface area contributed by atoms with Crippen LogP contribution in [0, 0.1) is 28.6 Å². The predicted octanol–water partition coefficient (Wildman–Crippen LogP) is 4.65. The van der Waals surface area contributed by atoms with Crippen molar-refractivity contribution >= 4 is 23.9 Å². The van der Waals surface area contributed by atoms with E-state index in [2.05, 4.69) is 0 Å². The van der Waals surface area contributed by atoms with Crippen LogP contribution in [0.1, 0.15) is 66.7 Å². The van der Waals surface area contributed by atoms with Gasteiger partial charge in [-0.2, -0.15) is 0 Å². The van der Waals surface area contributed by atoms with Crippen LogP contribution < -0.4 is 0 Å². The molecule has 39 heavy (non-hydrogen) atoms. The minimum absolute atomic E-state index is 0.0757. The van der Waals surface area contributed by atoms with Crippen molar-refractivity contribution in [1.82, 2.24) is 0 Å². The Kier molecular flexibility index (Phi) is 8.00. The highest BCUT2D eigenvalue weighted by molar-refractivity contribution is 6.01. The SMILES string of the molecule is CCCOC(=O)O[C@]1(C(=O)COC(=O)OC(C)C)CC[C@H]2[C@@H]3C[C@H](F)C4=CC(=O)C=C[C@]4(C)[C@H]3C(O)C[C@@]21C.